The van der Waals surface area contributed by atoms with Crippen molar-refractivity contribution in [1.29, 1.82) is 0 Å². The van der Waals surface area contributed by atoms with Gasteiger partial charge >= 0.3 is 0 Å². The number of methoxy groups -OCH3 is 1. The zero-order valence-electron chi connectivity index (χ0n) is 12.9. The lowest BCUT2D eigenvalue weighted by molar-refractivity contribution is -0.102. The number of hydrogen-bond donors (Lipinski definition) is 2. The maximum Gasteiger partial charge on any atom is 0.0703 e. The quantitative estimate of drug-likeness (QED) is 0.840. The first-order valence-electron chi connectivity index (χ1n) is 7.52. The first kappa shape index (κ1) is 15.5. The van der Waals surface area contributed by atoms with Crippen molar-refractivity contribution in [3.8, 4) is 0 Å². The van der Waals surface area contributed by atoms with E-state index in [4.69, 9.17) is 10.5 Å². The largest absolute Gasteiger partial charge is 0.392 e. The average Bonchev–Trinajstić information content (AvgIpc) is 2.39. The van der Waals surface area contributed by atoms with Crippen LogP contribution in [0.4, 0.5) is 0 Å². The Kier molecular flexibility index (Phi) is 4.84. The topological polar surface area (TPSA) is 55.5 Å². The van der Waals surface area contributed by atoms with Gasteiger partial charge < -0.3 is 15.6 Å². The van der Waals surface area contributed by atoms with Crippen molar-refractivity contribution < 1.29 is 9.84 Å². The molecule has 112 valence electrons. The molecule has 2 unspecified atom stereocenters. The van der Waals surface area contributed by atoms with E-state index in [0.717, 1.165) is 18.4 Å². The molecule has 3 heteroatoms. The minimum absolute atomic E-state index is 0.0121. The Labute approximate surface area is 122 Å². The number of hydrogen-bond acceptors (Lipinski definition) is 3. The molecule has 1 aliphatic carbocycles. The fourth-order valence-corrected chi connectivity index (χ4v) is 3.10. The molecule has 0 spiro atoms. The van der Waals surface area contributed by atoms with E-state index >= 15 is 0 Å². The van der Waals surface area contributed by atoms with Crippen LogP contribution in [-0.2, 0) is 4.74 Å². The highest BCUT2D eigenvalue weighted by molar-refractivity contribution is 5.32. The molecule has 0 aliphatic heterocycles. The second-order valence-electron chi connectivity index (χ2n) is 6.20. The van der Waals surface area contributed by atoms with Gasteiger partial charge in [0, 0.05) is 26.0 Å². The van der Waals surface area contributed by atoms with Crippen molar-refractivity contribution in [1.82, 2.24) is 0 Å². The van der Waals surface area contributed by atoms with Gasteiger partial charge in [-0.3, -0.25) is 0 Å². The number of aliphatic hydroxyl groups excluding tert-OH is 1. The molecule has 0 bridgehead atoms. The Bertz CT molecular complexity index is 449. The molecule has 2 atom stereocenters. The number of aryl methyl sites for hydroxylation is 2. The van der Waals surface area contributed by atoms with Crippen molar-refractivity contribution >= 4 is 0 Å². The summed E-state index contributed by atoms with van der Waals surface area (Å²) in [6.45, 7) is 4.66. The molecule has 0 amide bonds. The molecule has 0 heterocycles. The molecule has 1 aliphatic rings. The molecular weight excluding hydrogens is 250 g/mol. The number of aliphatic hydroxyl groups is 1. The molecule has 20 heavy (non-hydrogen) atoms. The van der Waals surface area contributed by atoms with Gasteiger partial charge in [-0.2, -0.15) is 0 Å². The zero-order chi connectivity index (χ0) is 14.8. The molecule has 1 saturated carbocycles. The van der Waals surface area contributed by atoms with E-state index in [1.807, 2.05) is 0 Å². The zero-order valence-corrected chi connectivity index (χ0v) is 12.9. The lowest BCUT2D eigenvalue weighted by Gasteiger charge is -2.43. The molecule has 0 saturated heterocycles. The Hall–Kier alpha value is -0.900. The van der Waals surface area contributed by atoms with Gasteiger partial charge in [0.1, 0.15) is 0 Å². The van der Waals surface area contributed by atoms with Gasteiger partial charge in [-0.05, 0) is 49.8 Å². The Morgan fingerprint density at radius 1 is 1.30 bits per heavy atom. The summed E-state index contributed by atoms with van der Waals surface area (Å²) in [4.78, 5) is 0. The van der Waals surface area contributed by atoms with Gasteiger partial charge in [-0.25, -0.2) is 0 Å². The number of benzene rings is 1. The van der Waals surface area contributed by atoms with E-state index in [0.29, 0.717) is 13.0 Å². The van der Waals surface area contributed by atoms with Gasteiger partial charge in [0.25, 0.3) is 0 Å². The fourth-order valence-electron chi connectivity index (χ4n) is 3.10. The van der Waals surface area contributed by atoms with Crippen LogP contribution in [0.1, 0.15) is 48.3 Å². The molecule has 1 aromatic rings. The molecule has 3 nitrogen and oxygen atoms in total. The molecule has 1 fully saturated rings. The van der Waals surface area contributed by atoms with Crippen LogP contribution in [0.3, 0.4) is 0 Å². The summed E-state index contributed by atoms with van der Waals surface area (Å²) in [7, 11) is 1.75. The van der Waals surface area contributed by atoms with Crippen molar-refractivity contribution in [2.75, 3.05) is 13.7 Å². The Morgan fingerprint density at radius 3 is 2.45 bits per heavy atom. The summed E-state index contributed by atoms with van der Waals surface area (Å²) in [5, 5.41) is 10.6. The van der Waals surface area contributed by atoms with E-state index in [9.17, 15) is 5.11 Å². The van der Waals surface area contributed by atoms with Crippen LogP contribution in [0.2, 0.25) is 0 Å². The number of ether oxygens (including phenoxy) is 1. The lowest BCUT2D eigenvalue weighted by Crippen LogP contribution is -2.44. The van der Waals surface area contributed by atoms with Gasteiger partial charge in [0.05, 0.1) is 11.7 Å². The second kappa shape index (κ2) is 6.25. The van der Waals surface area contributed by atoms with E-state index in [1.54, 1.807) is 7.11 Å². The summed E-state index contributed by atoms with van der Waals surface area (Å²) in [6.07, 6.45) is 3.52. The van der Waals surface area contributed by atoms with Crippen molar-refractivity contribution in [3.63, 3.8) is 0 Å². The van der Waals surface area contributed by atoms with Crippen LogP contribution in [0, 0.1) is 13.8 Å². The third kappa shape index (κ3) is 3.05. The predicted molar refractivity (Wildman–Crippen MR) is 81.9 cm³/mol. The highest BCUT2D eigenvalue weighted by Crippen LogP contribution is 2.40. The monoisotopic (exact) mass is 277 g/mol. The molecule has 3 N–H and O–H groups in total. The normalized spacial score (nSPS) is 20.2. The smallest absolute Gasteiger partial charge is 0.0703 e. The van der Waals surface area contributed by atoms with Crippen molar-refractivity contribution in [3.05, 3.63) is 34.9 Å². The van der Waals surface area contributed by atoms with Crippen LogP contribution in [0.5, 0.6) is 0 Å². The average molecular weight is 277 g/mol. The maximum absolute atomic E-state index is 10.6. The molecule has 0 radical (unpaired) electrons. The van der Waals surface area contributed by atoms with E-state index in [2.05, 4.69) is 32.0 Å². The predicted octanol–water partition coefficient (Wildman–Crippen LogP) is 2.67. The molecule has 0 aromatic heterocycles. The number of rotatable bonds is 6. The fraction of sp³-hybridized carbons (Fsp3) is 0.647. The van der Waals surface area contributed by atoms with Crippen molar-refractivity contribution in [2.24, 2.45) is 5.73 Å². The van der Waals surface area contributed by atoms with Crippen LogP contribution in [-0.4, -0.2) is 30.5 Å². The van der Waals surface area contributed by atoms with Crippen LogP contribution < -0.4 is 5.73 Å². The van der Waals surface area contributed by atoms with Crippen LogP contribution in [0.15, 0.2) is 18.2 Å². The maximum atomic E-state index is 10.6. The minimum Gasteiger partial charge on any atom is -0.392 e. The summed E-state index contributed by atoms with van der Waals surface area (Å²) < 4.78 is 5.62. The summed E-state index contributed by atoms with van der Waals surface area (Å²) in [6, 6.07) is 6.34. The van der Waals surface area contributed by atoms with Gasteiger partial charge in [-0.15, -0.1) is 0 Å². The van der Waals surface area contributed by atoms with Crippen LogP contribution >= 0.6 is 0 Å². The van der Waals surface area contributed by atoms with E-state index in [-0.39, 0.29) is 11.5 Å². The van der Waals surface area contributed by atoms with Gasteiger partial charge in [-0.1, -0.05) is 18.2 Å². The summed E-state index contributed by atoms with van der Waals surface area (Å²) in [5.74, 6) is -0.0121. The van der Waals surface area contributed by atoms with Crippen LogP contribution in [0.25, 0.3) is 0 Å². The summed E-state index contributed by atoms with van der Waals surface area (Å²) >= 11 is 0. The minimum atomic E-state index is -0.442. The van der Waals surface area contributed by atoms with Gasteiger partial charge in [0.15, 0.2) is 0 Å². The van der Waals surface area contributed by atoms with Gasteiger partial charge in [0.2, 0.25) is 0 Å². The molecule has 2 rings (SSSR count). The second-order valence-corrected chi connectivity index (χ2v) is 6.20. The molecular formula is C17H27NO2. The van der Waals surface area contributed by atoms with Crippen molar-refractivity contribution in [2.45, 2.75) is 57.2 Å². The Morgan fingerprint density at radius 2 is 2.00 bits per heavy atom. The SMILES string of the molecule is COC1(CC(O)C(CN)c2ccc(C)c(C)c2)CCC1. The Balaban J connectivity index is 2.12. The molecule has 1 aromatic carbocycles. The first-order valence-corrected chi connectivity index (χ1v) is 7.52. The third-order valence-corrected chi connectivity index (χ3v) is 4.96. The first-order chi connectivity index (χ1) is 9.51. The van der Waals surface area contributed by atoms with E-state index < -0.39 is 6.10 Å². The van der Waals surface area contributed by atoms with E-state index in [1.165, 1.54) is 17.5 Å². The highest BCUT2D eigenvalue weighted by Gasteiger charge is 2.40. The lowest BCUT2D eigenvalue weighted by atomic mass is 9.73. The number of nitrogens with two attached hydrogens (primary N) is 1. The standard InChI is InChI=1S/C17H27NO2/c1-12-5-6-14(9-13(12)2)15(11-18)16(19)10-17(20-3)7-4-8-17/h5-6,9,15-16,19H,4,7-8,10-11,18H2,1-3H3. The highest BCUT2D eigenvalue weighted by atomic mass is 16.5. The summed E-state index contributed by atoms with van der Waals surface area (Å²) in [5.41, 5.74) is 9.45. The third-order valence-electron chi connectivity index (χ3n) is 4.96.